The molecule has 1 aliphatic rings. The molecule has 0 radical (unpaired) electrons. The molecule has 1 heterocycles. The molecule has 114 valence electrons. The van der Waals surface area contributed by atoms with Crippen LogP contribution in [0.25, 0.3) is 0 Å². The molecule has 2 rings (SSSR count). The average molecular weight is 310 g/mol. The fourth-order valence-corrected chi connectivity index (χ4v) is 3.53. The Balaban J connectivity index is 1.93. The third kappa shape index (κ3) is 4.56. The number of urea groups is 1. The Hall–Kier alpha value is -1.89. The molecule has 21 heavy (non-hydrogen) atoms. The number of nitrogens with one attached hydrogen (secondary N) is 2. The first-order chi connectivity index (χ1) is 10.1. The lowest BCUT2D eigenvalue weighted by Crippen LogP contribution is -2.47. The van der Waals surface area contributed by atoms with Crippen LogP contribution in [-0.4, -0.2) is 38.9 Å². The molecule has 1 aromatic rings. The van der Waals surface area contributed by atoms with Crippen LogP contribution in [0, 0.1) is 0 Å². The standard InChI is InChI=1S/C14H18N2O4S/c17-13(18)12(10-4-2-1-3-5-10)16-14(19)15-11-6-8-21(20)9-7-11/h1-5,11-12H,6-9H2,(H,17,18)(H2,15,16,19). The van der Waals surface area contributed by atoms with Crippen molar-refractivity contribution in [3.8, 4) is 0 Å². The molecular weight excluding hydrogens is 292 g/mol. The molecule has 3 N–H and O–H groups in total. The van der Waals surface area contributed by atoms with Crippen molar-refractivity contribution in [1.29, 1.82) is 0 Å². The molecule has 0 aromatic heterocycles. The summed E-state index contributed by atoms with van der Waals surface area (Å²) in [7, 11) is -0.789. The summed E-state index contributed by atoms with van der Waals surface area (Å²) >= 11 is 0. The van der Waals surface area contributed by atoms with E-state index >= 15 is 0 Å². The molecule has 0 spiro atoms. The first-order valence-corrected chi connectivity index (χ1v) is 8.25. The predicted octanol–water partition coefficient (Wildman–Crippen LogP) is 1.02. The second kappa shape index (κ2) is 7.21. The quantitative estimate of drug-likeness (QED) is 0.774. The number of hydrogen-bond acceptors (Lipinski definition) is 3. The molecule has 1 saturated heterocycles. The maximum absolute atomic E-state index is 11.9. The Morgan fingerprint density at radius 3 is 2.38 bits per heavy atom. The summed E-state index contributed by atoms with van der Waals surface area (Å²) < 4.78 is 11.3. The van der Waals surface area contributed by atoms with Gasteiger partial charge in [-0.15, -0.1) is 0 Å². The van der Waals surface area contributed by atoms with Crippen molar-refractivity contribution >= 4 is 22.8 Å². The van der Waals surface area contributed by atoms with Gasteiger partial charge in [0.1, 0.15) is 0 Å². The predicted molar refractivity (Wildman–Crippen MR) is 79.4 cm³/mol. The van der Waals surface area contributed by atoms with E-state index in [1.54, 1.807) is 30.3 Å². The van der Waals surface area contributed by atoms with E-state index in [2.05, 4.69) is 10.6 Å². The highest BCUT2D eigenvalue weighted by atomic mass is 32.2. The lowest BCUT2D eigenvalue weighted by molar-refractivity contribution is -0.139. The maximum atomic E-state index is 11.9. The van der Waals surface area contributed by atoms with Crippen molar-refractivity contribution in [2.24, 2.45) is 0 Å². The van der Waals surface area contributed by atoms with E-state index in [9.17, 15) is 18.9 Å². The topological polar surface area (TPSA) is 95.5 Å². The number of hydrogen-bond donors (Lipinski definition) is 3. The van der Waals surface area contributed by atoms with Gasteiger partial charge in [0.15, 0.2) is 6.04 Å². The molecule has 6 nitrogen and oxygen atoms in total. The first kappa shape index (κ1) is 15.5. The summed E-state index contributed by atoms with van der Waals surface area (Å²) in [5.74, 6) is 0.0407. The first-order valence-electron chi connectivity index (χ1n) is 6.76. The lowest BCUT2D eigenvalue weighted by Gasteiger charge is -2.24. The Labute approximate surface area is 125 Å². The van der Waals surface area contributed by atoms with Crippen LogP contribution < -0.4 is 10.6 Å². The van der Waals surface area contributed by atoms with Gasteiger partial charge in [-0.3, -0.25) is 4.21 Å². The van der Waals surface area contributed by atoms with E-state index in [4.69, 9.17) is 0 Å². The number of aliphatic carboxylic acids is 1. The minimum atomic E-state index is -1.11. The van der Waals surface area contributed by atoms with Gasteiger partial charge in [-0.05, 0) is 18.4 Å². The summed E-state index contributed by atoms with van der Waals surface area (Å²) in [6, 6.07) is 6.90. The van der Waals surface area contributed by atoms with Crippen LogP contribution in [0.5, 0.6) is 0 Å². The second-order valence-corrected chi connectivity index (χ2v) is 6.62. The van der Waals surface area contributed by atoms with E-state index in [1.807, 2.05) is 0 Å². The number of carbonyl (C=O) groups excluding carboxylic acids is 1. The van der Waals surface area contributed by atoms with Gasteiger partial charge in [-0.25, -0.2) is 9.59 Å². The highest BCUT2D eigenvalue weighted by Gasteiger charge is 2.24. The van der Waals surface area contributed by atoms with Crippen molar-refractivity contribution in [3.05, 3.63) is 35.9 Å². The Morgan fingerprint density at radius 1 is 1.19 bits per heavy atom. The maximum Gasteiger partial charge on any atom is 0.330 e. The molecule has 2 amide bonds. The Morgan fingerprint density at radius 2 is 1.81 bits per heavy atom. The van der Waals surface area contributed by atoms with Crippen molar-refractivity contribution < 1.29 is 18.9 Å². The van der Waals surface area contributed by atoms with Crippen molar-refractivity contribution in [3.63, 3.8) is 0 Å². The zero-order valence-corrected chi connectivity index (χ0v) is 12.3. The normalized spacial score (nSPS) is 23.0. The zero-order chi connectivity index (χ0) is 15.2. The van der Waals surface area contributed by atoms with Gasteiger partial charge in [0.25, 0.3) is 0 Å². The van der Waals surface area contributed by atoms with Crippen LogP contribution in [0.15, 0.2) is 30.3 Å². The summed E-state index contributed by atoms with van der Waals surface area (Å²) in [5.41, 5.74) is 0.518. The van der Waals surface area contributed by atoms with Crippen LogP contribution in [0.2, 0.25) is 0 Å². The molecule has 1 unspecified atom stereocenters. The van der Waals surface area contributed by atoms with Gasteiger partial charge in [-0.2, -0.15) is 0 Å². The van der Waals surface area contributed by atoms with Crippen LogP contribution in [0.3, 0.4) is 0 Å². The molecule has 1 aliphatic heterocycles. The number of carboxylic acids is 1. The third-order valence-electron chi connectivity index (χ3n) is 3.38. The largest absolute Gasteiger partial charge is 0.479 e. The van der Waals surface area contributed by atoms with Crippen LogP contribution >= 0.6 is 0 Å². The summed E-state index contributed by atoms with van der Waals surface area (Å²) in [6.07, 6.45) is 1.31. The van der Waals surface area contributed by atoms with Crippen LogP contribution in [-0.2, 0) is 15.6 Å². The average Bonchev–Trinajstić information content (AvgIpc) is 2.48. The molecule has 1 fully saturated rings. The van der Waals surface area contributed by atoms with E-state index in [0.29, 0.717) is 29.9 Å². The van der Waals surface area contributed by atoms with Crippen LogP contribution in [0.1, 0.15) is 24.4 Å². The molecule has 0 bridgehead atoms. The van der Waals surface area contributed by atoms with Crippen LogP contribution in [0.4, 0.5) is 4.79 Å². The lowest BCUT2D eigenvalue weighted by atomic mass is 10.1. The third-order valence-corrected chi connectivity index (χ3v) is 4.76. The Kier molecular flexibility index (Phi) is 5.32. The fraction of sp³-hybridized carbons (Fsp3) is 0.429. The van der Waals surface area contributed by atoms with Gasteiger partial charge in [0, 0.05) is 28.3 Å². The minimum Gasteiger partial charge on any atom is -0.479 e. The van der Waals surface area contributed by atoms with Crippen molar-refractivity contribution in [2.75, 3.05) is 11.5 Å². The monoisotopic (exact) mass is 310 g/mol. The number of rotatable bonds is 4. The molecular formula is C14H18N2O4S. The van der Waals surface area contributed by atoms with E-state index < -0.39 is 28.8 Å². The van der Waals surface area contributed by atoms with Crippen molar-refractivity contribution in [1.82, 2.24) is 10.6 Å². The van der Waals surface area contributed by atoms with Gasteiger partial charge in [-0.1, -0.05) is 30.3 Å². The van der Waals surface area contributed by atoms with Gasteiger partial charge in [0.05, 0.1) is 0 Å². The molecule has 1 atom stereocenters. The van der Waals surface area contributed by atoms with E-state index in [0.717, 1.165) is 0 Å². The number of benzene rings is 1. The SMILES string of the molecule is O=C(NC1CCS(=O)CC1)NC(C(=O)O)c1ccccc1. The number of amides is 2. The highest BCUT2D eigenvalue weighted by molar-refractivity contribution is 7.85. The fourth-order valence-electron chi connectivity index (χ4n) is 2.23. The Bertz CT molecular complexity index is 525. The summed E-state index contributed by atoms with van der Waals surface area (Å²) in [4.78, 5) is 23.2. The summed E-state index contributed by atoms with van der Waals surface area (Å²) in [6.45, 7) is 0. The second-order valence-electron chi connectivity index (χ2n) is 4.92. The van der Waals surface area contributed by atoms with Crippen molar-refractivity contribution in [2.45, 2.75) is 24.9 Å². The minimum absolute atomic E-state index is 0.0482. The number of carbonyl (C=O) groups is 2. The van der Waals surface area contributed by atoms with E-state index in [1.165, 1.54) is 0 Å². The molecule has 0 saturated carbocycles. The highest BCUT2D eigenvalue weighted by Crippen LogP contribution is 2.13. The molecule has 0 aliphatic carbocycles. The van der Waals surface area contributed by atoms with E-state index in [-0.39, 0.29) is 6.04 Å². The van der Waals surface area contributed by atoms with Gasteiger partial charge >= 0.3 is 12.0 Å². The molecule has 1 aromatic carbocycles. The smallest absolute Gasteiger partial charge is 0.330 e. The summed E-state index contributed by atoms with van der Waals surface area (Å²) in [5, 5.41) is 14.4. The van der Waals surface area contributed by atoms with Gasteiger partial charge in [0.2, 0.25) is 0 Å². The molecule has 7 heteroatoms. The number of carboxylic acid groups (broad SMARTS) is 1. The van der Waals surface area contributed by atoms with Gasteiger partial charge < -0.3 is 15.7 Å². The zero-order valence-electron chi connectivity index (χ0n) is 11.5.